The topological polar surface area (TPSA) is 98.9 Å². The monoisotopic (exact) mass is 247 g/mol. The van der Waals surface area contributed by atoms with Crippen LogP contribution in [0.25, 0.3) is 11.0 Å². The summed E-state index contributed by atoms with van der Waals surface area (Å²) in [5, 5.41) is 3.38. The minimum absolute atomic E-state index is 0.135. The normalized spacial score (nSPS) is 10.3. The minimum atomic E-state index is -0.390. The summed E-state index contributed by atoms with van der Waals surface area (Å²) in [5.74, 6) is -0.706. The second kappa shape index (κ2) is 5.28. The molecule has 0 saturated heterocycles. The molecule has 7 nitrogen and oxygen atoms in total. The van der Waals surface area contributed by atoms with Gasteiger partial charge in [0, 0.05) is 17.8 Å². The summed E-state index contributed by atoms with van der Waals surface area (Å²) in [6.07, 6.45) is 3.19. The Morgan fingerprint density at radius 2 is 2.22 bits per heavy atom. The first kappa shape index (κ1) is 12.1. The molecule has 0 spiro atoms. The van der Waals surface area contributed by atoms with Gasteiger partial charge in [0.15, 0.2) is 0 Å². The molecule has 0 radical (unpaired) electrons. The summed E-state index contributed by atoms with van der Waals surface area (Å²) in [4.78, 5) is 30.0. The third-order valence-electron chi connectivity index (χ3n) is 2.35. The Hall–Kier alpha value is -2.41. The fraction of sp³-hybridized carbons (Fsp3) is 0.182. The van der Waals surface area contributed by atoms with E-state index in [1.165, 1.54) is 0 Å². The number of aromatic nitrogens is 2. The number of rotatable bonds is 3. The maximum absolute atomic E-state index is 11.8. The van der Waals surface area contributed by atoms with Crippen LogP contribution >= 0.6 is 0 Å². The van der Waals surface area contributed by atoms with Crippen LogP contribution in [-0.4, -0.2) is 35.4 Å². The standard InChI is InChI=1S/C11H13N5O2/c1-12-6-9(17)15-16-11(18)8-5-14-10-7(8)3-2-4-13-10/h2-5,12H,6H2,1H3,(H,13,14)(H,15,17)(H,16,18). The van der Waals surface area contributed by atoms with Gasteiger partial charge in [-0.15, -0.1) is 0 Å². The third-order valence-corrected chi connectivity index (χ3v) is 2.35. The molecule has 2 aromatic heterocycles. The highest BCUT2D eigenvalue weighted by Gasteiger charge is 2.12. The van der Waals surface area contributed by atoms with Gasteiger partial charge in [0.2, 0.25) is 0 Å². The molecule has 2 amide bonds. The summed E-state index contributed by atoms with van der Waals surface area (Å²) in [6, 6.07) is 3.52. The number of carbonyl (C=O) groups is 2. The molecule has 2 rings (SSSR count). The molecule has 0 bridgehead atoms. The van der Waals surface area contributed by atoms with Crippen LogP contribution in [0, 0.1) is 0 Å². The highest BCUT2D eigenvalue weighted by atomic mass is 16.2. The molecule has 0 aliphatic rings. The number of hydrogen-bond acceptors (Lipinski definition) is 4. The van der Waals surface area contributed by atoms with Crippen molar-refractivity contribution >= 4 is 22.8 Å². The van der Waals surface area contributed by atoms with E-state index in [9.17, 15) is 9.59 Å². The van der Waals surface area contributed by atoms with Crippen molar-refractivity contribution in [3.63, 3.8) is 0 Å². The number of amides is 2. The molecular weight excluding hydrogens is 234 g/mol. The lowest BCUT2D eigenvalue weighted by molar-refractivity contribution is -0.120. The molecule has 4 N–H and O–H groups in total. The first-order valence-electron chi connectivity index (χ1n) is 5.38. The van der Waals surface area contributed by atoms with Gasteiger partial charge in [-0.25, -0.2) is 4.98 Å². The van der Waals surface area contributed by atoms with Crippen LogP contribution in [0.3, 0.4) is 0 Å². The molecule has 2 heterocycles. The maximum Gasteiger partial charge on any atom is 0.271 e. The Balaban J connectivity index is 2.07. The molecule has 7 heteroatoms. The predicted molar refractivity (Wildman–Crippen MR) is 65.6 cm³/mol. The van der Waals surface area contributed by atoms with Crippen molar-refractivity contribution in [2.24, 2.45) is 0 Å². The SMILES string of the molecule is CNCC(=O)NNC(=O)c1c[nH]c2ncccc12. The molecule has 0 saturated carbocycles. The van der Waals surface area contributed by atoms with Gasteiger partial charge in [-0.1, -0.05) is 0 Å². The Labute approximate surface area is 103 Å². The van der Waals surface area contributed by atoms with Gasteiger partial charge >= 0.3 is 0 Å². The van der Waals surface area contributed by atoms with Crippen molar-refractivity contribution < 1.29 is 9.59 Å². The molecule has 2 aromatic rings. The zero-order valence-corrected chi connectivity index (χ0v) is 9.78. The van der Waals surface area contributed by atoms with E-state index in [4.69, 9.17) is 0 Å². The highest BCUT2D eigenvalue weighted by molar-refractivity contribution is 6.06. The van der Waals surface area contributed by atoms with Crippen LogP contribution in [0.15, 0.2) is 24.5 Å². The molecule has 0 unspecified atom stereocenters. The number of H-pyrrole nitrogens is 1. The van der Waals surface area contributed by atoms with E-state index in [1.807, 2.05) is 0 Å². The van der Waals surface area contributed by atoms with Gasteiger partial charge in [0.1, 0.15) is 5.65 Å². The van der Waals surface area contributed by atoms with E-state index in [1.54, 1.807) is 31.6 Å². The molecule has 0 aromatic carbocycles. The number of hydrogen-bond donors (Lipinski definition) is 4. The smallest absolute Gasteiger partial charge is 0.271 e. The van der Waals surface area contributed by atoms with Gasteiger partial charge in [0.05, 0.1) is 12.1 Å². The summed E-state index contributed by atoms with van der Waals surface area (Å²) < 4.78 is 0. The zero-order chi connectivity index (χ0) is 13.0. The lowest BCUT2D eigenvalue weighted by atomic mass is 10.2. The molecule has 18 heavy (non-hydrogen) atoms. The van der Waals surface area contributed by atoms with Crippen molar-refractivity contribution in [3.8, 4) is 0 Å². The van der Waals surface area contributed by atoms with Crippen LogP contribution in [0.2, 0.25) is 0 Å². The Morgan fingerprint density at radius 3 is 3.00 bits per heavy atom. The summed E-state index contributed by atoms with van der Waals surface area (Å²) in [6.45, 7) is 0.135. The van der Waals surface area contributed by atoms with Crippen LogP contribution in [0.1, 0.15) is 10.4 Å². The van der Waals surface area contributed by atoms with E-state index >= 15 is 0 Å². The van der Waals surface area contributed by atoms with Gasteiger partial charge in [0.25, 0.3) is 11.8 Å². The van der Waals surface area contributed by atoms with E-state index < -0.39 is 5.91 Å². The lowest BCUT2D eigenvalue weighted by Crippen LogP contribution is -2.44. The van der Waals surface area contributed by atoms with Crippen molar-refractivity contribution in [1.82, 2.24) is 26.1 Å². The number of aromatic amines is 1. The Morgan fingerprint density at radius 1 is 1.39 bits per heavy atom. The maximum atomic E-state index is 11.8. The molecular formula is C11H13N5O2. The Bertz CT molecular complexity index is 578. The fourth-order valence-corrected chi connectivity index (χ4v) is 1.54. The number of likely N-dealkylation sites (N-methyl/N-ethyl adjacent to an activating group) is 1. The summed E-state index contributed by atoms with van der Waals surface area (Å²) in [7, 11) is 1.65. The number of nitrogens with zero attached hydrogens (tertiary/aromatic N) is 1. The lowest BCUT2D eigenvalue weighted by Gasteiger charge is -2.05. The summed E-state index contributed by atoms with van der Waals surface area (Å²) in [5.41, 5.74) is 5.70. The van der Waals surface area contributed by atoms with Crippen LogP contribution in [-0.2, 0) is 4.79 Å². The second-order valence-electron chi connectivity index (χ2n) is 3.63. The van der Waals surface area contributed by atoms with E-state index in [0.29, 0.717) is 16.6 Å². The van der Waals surface area contributed by atoms with Crippen LogP contribution in [0.4, 0.5) is 0 Å². The first-order chi connectivity index (χ1) is 8.72. The van der Waals surface area contributed by atoms with Crippen molar-refractivity contribution in [2.45, 2.75) is 0 Å². The summed E-state index contributed by atoms with van der Waals surface area (Å²) >= 11 is 0. The molecule has 0 aliphatic heterocycles. The van der Waals surface area contributed by atoms with E-state index in [-0.39, 0.29) is 12.5 Å². The number of hydrazine groups is 1. The molecule has 0 atom stereocenters. The van der Waals surface area contributed by atoms with Crippen molar-refractivity contribution in [2.75, 3.05) is 13.6 Å². The largest absolute Gasteiger partial charge is 0.345 e. The first-order valence-corrected chi connectivity index (χ1v) is 5.38. The fourth-order valence-electron chi connectivity index (χ4n) is 1.54. The van der Waals surface area contributed by atoms with Gasteiger partial charge in [-0.3, -0.25) is 20.4 Å². The molecule has 0 aliphatic carbocycles. The van der Waals surface area contributed by atoms with Crippen LogP contribution in [0.5, 0.6) is 0 Å². The van der Waals surface area contributed by atoms with Gasteiger partial charge < -0.3 is 10.3 Å². The number of fused-ring (bicyclic) bond motifs is 1. The van der Waals surface area contributed by atoms with Crippen molar-refractivity contribution in [3.05, 3.63) is 30.1 Å². The highest BCUT2D eigenvalue weighted by Crippen LogP contribution is 2.14. The second-order valence-corrected chi connectivity index (χ2v) is 3.63. The van der Waals surface area contributed by atoms with Crippen molar-refractivity contribution in [1.29, 1.82) is 0 Å². The quantitative estimate of drug-likeness (QED) is 0.552. The zero-order valence-electron chi connectivity index (χ0n) is 9.78. The number of pyridine rings is 1. The van der Waals surface area contributed by atoms with Gasteiger partial charge in [-0.05, 0) is 19.2 Å². The molecule has 0 fully saturated rings. The van der Waals surface area contributed by atoms with E-state index in [2.05, 4.69) is 26.1 Å². The average molecular weight is 247 g/mol. The molecule has 94 valence electrons. The number of carbonyl (C=O) groups excluding carboxylic acids is 2. The van der Waals surface area contributed by atoms with Crippen LogP contribution < -0.4 is 16.2 Å². The van der Waals surface area contributed by atoms with Gasteiger partial charge in [-0.2, -0.15) is 0 Å². The number of nitrogens with one attached hydrogen (secondary N) is 4. The third kappa shape index (κ3) is 2.46. The van der Waals surface area contributed by atoms with E-state index in [0.717, 1.165) is 0 Å². The Kier molecular flexibility index (Phi) is 3.54. The predicted octanol–water partition coefficient (Wildman–Crippen LogP) is -0.457. The minimum Gasteiger partial charge on any atom is -0.345 e. The average Bonchev–Trinajstić information content (AvgIpc) is 2.80.